The molecule has 9 heteroatoms. The van der Waals surface area contributed by atoms with E-state index in [9.17, 15) is 17.6 Å². The van der Waals surface area contributed by atoms with E-state index >= 15 is 0 Å². The molecule has 0 saturated heterocycles. The lowest BCUT2D eigenvalue weighted by Crippen LogP contribution is -2.20. The van der Waals surface area contributed by atoms with E-state index in [1.165, 1.54) is 24.3 Å². The summed E-state index contributed by atoms with van der Waals surface area (Å²) >= 11 is 16.1. The molecule has 0 spiro atoms. The summed E-state index contributed by atoms with van der Waals surface area (Å²) in [5.41, 5.74) is -0.942. The summed E-state index contributed by atoms with van der Waals surface area (Å²) in [6.07, 6.45) is -4.59. The quantitative estimate of drug-likeness (QED) is 0.494. The Hall–Kier alpha value is -1.57. The average molecular weight is 383 g/mol. The zero-order valence-electron chi connectivity index (χ0n) is 11.1. The largest absolute Gasteiger partial charge is 0.417 e. The molecule has 0 aliphatic heterocycles. The van der Waals surface area contributed by atoms with E-state index in [1.54, 1.807) is 0 Å². The lowest BCUT2D eigenvalue weighted by molar-refractivity contribution is -0.137. The first-order valence-corrected chi connectivity index (χ1v) is 7.23. The number of rotatable bonds is 2. The van der Waals surface area contributed by atoms with Crippen LogP contribution in [0.2, 0.25) is 10.0 Å². The summed E-state index contributed by atoms with van der Waals surface area (Å²) in [7, 11) is 0. The van der Waals surface area contributed by atoms with Crippen molar-refractivity contribution < 1.29 is 17.6 Å². The van der Waals surface area contributed by atoms with E-state index in [0.717, 1.165) is 12.1 Å². The SMILES string of the molecule is Fc1c(Cl)cccc1NC(=S)Nc1ccc(Cl)c(C(F)(F)F)c1. The molecule has 0 unspecified atom stereocenters. The van der Waals surface area contributed by atoms with Gasteiger partial charge in [0, 0.05) is 5.69 Å². The van der Waals surface area contributed by atoms with Crippen LogP contribution in [-0.2, 0) is 6.18 Å². The van der Waals surface area contributed by atoms with Crippen LogP contribution in [0.4, 0.5) is 28.9 Å². The van der Waals surface area contributed by atoms with Crippen molar-refractivity contribution in [2.24, 2.45) is 0 Å². The molecule has 2 rings (SSSR count). The van der Waals surface area contributed by atoms with Crippen LogP contribution < -0.4 is 10.6 Å². The summed E-state index contributed by atoms with van der Waals surface area (Å²) < 4.78 is 52.1. The van der Waals surface area contributed by atoms with Gasteiger partial charge in [0.05, 0.1) is 21.3 Å². The van der Waals surface area contributed by atoms with Crippen molar-refractivity contribution in [3.63, 3.8) is 0 Å². The van der Waals surface area contributed by atoms with Gasteiger partial charge < -0.3 is 10.6 Å². The Kier molecular flexibility index (Phi) is 5.33. The molecule has 0 aromatic heterocycles. The third-order valence-electron chi connectivity index (χ3n) is 2.73. The van der Waals surface area contributed by atoms with Crippen LogP contribution in [0.25, 0.3) is 0 Å². The molecule has 2 aromatic rings. The average Bonchev–Trinajstić information content (AvgIpc) is 2.45. The molecule has 0 saturated carbocycles. The van der Waals surface area contributed by atoms with E-state index in [2.05, 4.69) is 10.6 Å². The van der Waals surface area contributed by atoms with Crippen LogP contribution in [0.15, 0.2) is 36.4 Å². The molecular weight excluding hydrogens is 375 g/mol. The summed E-state index contributed by atoms with van der Waals surface area (Å²) in [4.78, 5) is 0. The maximum atomic E-state index is 13.7. The molecule has 0 heterocycles. The highest BCUT2D eigenvalue weighted by molar-refractivity contribution is 7.80. The first-order chi connectivity index (χ1) is 10.7. The molecule has 0 amide bonds. The molecule has 122 valence electrons. The fourth-order valence-corrected chi connectivity index (χ4v) is 2.33. The number of nitrogens with one attached hydrogen (secondary N) is 2. The van der Waals surface area contributed by atoms with Gasteiger partial charge in [-0.15, -0.1) is 0 Å². The molecular formula is C14H8Cl2F4N2S. The van der Waals surface area contributed by atoms with Gasteiger partial charge in [0.15, 0.2) is 10.9 Å². The van der Waals surface area contributed by atoms with Gasteiger partial charge in [-0.2, -0.15) is 13.2 Å². The van der Waals surface area contributed by atoms with Gasteiger partial charge in [0.2, 0.25) is 0 Å². The monoisotopic (exact) mass is 382 g/mol. The smallest absolute Gasteiger partial charge is 0.332 e. The fraction of sp³-hybridized carbons (Fsp3) is 0.0714. The van der Waals surface area contributed by atoms with Gasteiger partial charge >= 0.3 is 6.18 Å². The first kappa shape index (κ1) is 17.8. The first-order valence-electron chi connectivity index (χ1n) is 6.07. The number of alkyl halides is 3. The number of hydrogen-bond donors (Lipinski definition) is 2. The second-order valence-electron chi connectivity index (χ2n) is 4.37. The van der Waals surface area contributed by atoms with E-state index in [4.69, 9.17) is 35.4 Å². The molecule has 2 nitrogen and oxygen atoms in total. The van der Waals surface area contributed by atoms with Crippen molar-refractivity contribution in [3.8, 4) is 0 Å². The molecule has 0 atom stereocenters. The van der Waals surface area contributed by atoms with Crippen LogP contribution in [0.3, 0.4) is 0 Å². The van der Waals surface area contributed by atoms with E-state index in [-0.39, 0.29) is 21.5 Å². The van der Waals surface area contributed by atoms with Gasteiger partial charge in [-0.1, -0.05) is 29.3 Å². The van der Waals surface area contributed by atoms with Gasteiger partial charge in [-0.05, 0) is 42.5 Å². The number of thiocarbonyl (C=S) groups is 1. The number of halogens is 6. The van der Waals surface area contributed by atoms with E-state index in [0.29, 0.717) is 0 Å². The van der Waals surface area contributed by atoms with Gasteiger partial charge in [-0.25, -0.2) is 4.39 Å². The third kappa shape index (κ3) is 4.46. The molecule has 0 fully saturated rings. The summed E-state index contributed by atoms with van der Waals surface area (Å²) in [6, 6.07) is 7.46. The third-order valence-corrected chi connectivity index (χ3v) is 3.56. The van der Waals surface area contributed by atoms with Crippen molar-refractivity contribution >= 4 is 51.9 Å². The summed E-state index contributed by atoms with van der Waals surface area (Å²) in [6.45, 7) is 0. The molecule has 0 aliphatic rings. The van der Waals surface area contributed by atoms with Gasteiger partial charge in [0.1, 0.15) is 0 Å². The second-order valence-corrected chi connectivity index (χ2v) is 5.60. The van der Waals surface area contributed by atoms with Crippen molar-refractivity contribution in [3.05, 3.63) is 57.8 Å². The molecule has 2 aromatic carbocycles. The Morgan fingerprint density at radius 1 is 1.00 bits per heavy atom. The van der Waals surface area contributed by atoms with Crippen molar-refractivity contribution in [2.45, 2.75) is 6.18 Å². The molecule has 2 N–H and O–H groups in total. The van der Waals surface area contributed by atoms with Gasteiger partial charge in [-0.3, -0.25) is 0 Å². The standard InChI is InChI=1S/C14H8Cl2F4N2S/c15-9-5-4-7(6-8(9)14(18,19)20)21-13(23)22-11-3-1-2-10(16)12(11)17/h1-6H,(H2,21,22,23). The minimum Gasteiger partial charge on any atom is -0.332 e. The van der Waals surface area contributed by atoms with E-state index in [1.807, 2.05) is 0 Å². The zero-order chi connectivity index (χ0) is 17.2. The predicted octanol–water partition coefficient (Wildman–Crippen LogP) is 5.96. The molecule has 0 bridgehead atoms. The molecule has 0 radical (unpaired) electrons. The Labute approximate surface area is 144 Å². The second kappa shape index (κ2) is 6.90. The van der Waals surface area contributed by atoms with Crippen LogP contribution in [0.5, 0.6) is 0 Å². The van der Waals surface area contributed by atoms with Crippen molar-refractivity contribution in [2.75, 3.05) is 10.6 Å². The maximum absolute atomic E-state index is 13.7. The highest BCUT2D eigenvalue weighted by Gasteiger charge is 2.33. The number of benzene rings is 2. The Morgan fingerprint density at radius 2 is 1.70 bits per heavy atom. The highest BCUT2D eigenvalue weighted by Crippen LogP contribution is 2.36. The van der Waals surface area contributed by atoms with Crippen LogP contribution in [-0.4, -0.2) is 5.11 Å². The highest BCUT2D eigenvalue weighted by atomic mass is 35.5. The predicted molar refractivity (Wildman–Crippen MR) is 87.7 cm³/mol. The van der Waals surface area contributed by atoms with Crippen LogP contribution in [0, 0.1) is 5.82 Å². The maximum Gasteiger partial charge on any atom is 0.417 e. The Balaban J connectivity index is 2.16. The zero-order valence-corrected chi connectivity index (χ0v) is 13.5. The van der Waals surface area contributed by atoms with Crippen LogP contribution >= 0.6 is 35.4 Å². The topological polar surface area (TPSA) is 24.1 Å². The normalized spacial score (nSPS) is 11.2. The van der Waals surface area contributed by atoms with Crippen LogP contribution in [0.1, 0.15) is 5.56 Å². The Morgan fingerprint density at radius 3 is 2.35 bits per heavy atom. The molecule has 0 aliphatic carbocycles. The number of anilines is 2. The number of hydrogen-bond acceptors (Lipinski definition) is 1. The summed E-state index contributed by atoms with van der Waals surface area (Å²) in [5.74, 6) is -0.717. The fourth-order valence-electron chi connectivity index (χ4n) is 1.71. The minimum absolute atomic E-state index is 0.00000776. The minimum atomic E-state index is -4.59. The molecule has 23 heavy (non-hydrogen) atoms. The van der Waals surface area contributed by atoms with Crippen molar-refractivity contribution in [1.82, 2.24) is 0 Å². The lowest BCUT2D eigenvalue weighted by Gasteiger charge is -2.14. The summed E-state index contributed by atoms with van der Waals surface area (Å²) in [5, 5.41) is 4.42. The van der Waals surface area contributed by atoms with Gasteiger partial charge in [0.25, 0.3) is 0 Å². The van der Waals surface area contributed by atoms with Crippen molar-refractivity contribution in [1.29, 1.82) is 0 Å². The van der Waals surface area contributed by atoms with E-state index < -0.39 is 22.6 Å². The lowest BCUT2D eigenvalue weighted by atomic mass is 10.2. The Bertz CT molecular complexity index is 750.